The van der Waals surface area contributed by atoms with Crippen molar-refractivity contribution in [2.45, 2.75) is 26.4 Å². The number of aromatic amines is 1. The van der Waals surface area contributed by atoms with Crippen LogP contribution in [0, 0.1) is 0 Å². The molecule has 0 unspecified atom stereocenters. The van der Waals surface area contributed by atoms with Gasteiger partial charge >= 0.3 is 5.97 Å². The minimum atomic E-state index is -0.492. The first kappa shape index (κ1) is 12.4. The van der Waals surface area contributed by atoms with Crippen LogP contribution in [0.4, 0.5) is 0 Å². The number of ether oxygens (including phenoxy) is 1. The average molecular weight is 245 g/mol. The maximum atomic E-state index is 11.9. The third-order valence-corrected chi connectivity index (χ3v) is 2.50. The molecule has 1 N–H and O–H groups in total. The third-order valence-electron chi connectivity index (χ3n) is 2.50. The average Bonchev–Trinajstić information content (AvgIpc) is 2.71. The van der Waals surface area contributed by atoms with E-state index >= 15 is 0 Å². The van der Waals surface area contributed by atoms with Gasteiger partial charge in [-0.25, -0.2) is 0 Å². The molecule has 0 aliphatic heterocycles. The Morgan fingerprint density at radius 2 is 2.00 bits per heavy atom. The number of fused-ring (bicyclic) bond motifs is 1. The van der Waals surface area contributed by atoms with E-state index in [2.05, 4.69) is 4.98 Å². The molecule has 0 saturated carbocycles. The van der Waals surface area contributed by atoms with E-state index in [1.165, 1.54) is 0 Å². The summed E-state index contributed by atoms with van der Waals surface area (Å²) in [5, 5.41) is 0.957. The van der Waals surface area contributed by atoms with Crippen LogP contribution in [0.2, 0.25) is 0 Å². The number of hydrogen-bond donors (Lipinski definition) is 1. The first-order valence-electron chi connectivity index (χ1n) is 5.86. The predicted octanol–water partition coefficient (Wildman–Crippen LogP) is 2.69. The molecule has 0 aliphatic rings. The van der Waals surface area contributed by atoms with Gasteiger partial charge in [0.05, 0.1) is 11.8 Å². The van der Waals surface area contributed by atoms with Crippen LogP contribution in [0.1, 0.15) is 30.8 Å². The van der Waals surface area contributed by atoms with Gasteiger partial charge < -0.3 is 9.72 Å². The molecule has 0 amide bonds. The molecule has 0 bridgehead atoms. The molecule has 0 fully saturated rings. The smallest absolute Gasteiger partial charge is 0.314 e. The van der Waals surface area contributed by atoms with Gasteiger partial charge in [0.15, 0.2) is 5.78 Å². The number of esters is 1. The number of hydrogen-bond acceptors (Lipinski definition) is 3. The lowest BCUT2D eigenvalue weighted by molar-refractivity contribution is -0.146. The molecule has 0 radical (unpaired) electrons. The highest BCUT2D eigenvalue weighted by Crippen LogP contribution is 2.16. The second kappa shape index (κ2) is 5.04. The van der Waals surface area contributed by atoms with Crippen LogP contribution in [0.15, 0.2) is 30.3 Å². The summed E-state index contributed by atoms with van der Waals surface area (Å²) >= 11 is 0. The Morgan fingerprint density at radius 3 is 2.67 bits per heavy atom. The van der Waals surface area contributed by atoms with E-state index in [1.807, 2.05) is 24.3 Å². The Balaban J connectivity index is 2.11. The SMILES string of the molecule is CC(C)OC(=O)CC(=O)c1cc2ccccc2[nH]1. The molecule has 2 aromatic rings. The first-order chi connectivity index (χ1) is 8.56. The van der Waals surface area contributed by atoms with E-state index in [9.17, 15) is 9.59 Å². The topological polar surface area (TPSA) is 59.2 Å². The fraction of sp³-hybridized carbons (Fsp3) is 0.286. The van der Waals surface area contributed by atoms with Crippen LogP contribution in [0.5, 0.6) is 0 Å². The van der Waals surface area contributed by atoms with Crippen LogP contribution in [-0.2, 0) is 9.53 Å². The molecule has 0 aliphatic carbocycles. The van der Waals surface area contributed by atoms with Gasteiger partial charge in [-0.15, -0.1) is 0 Å². The molecule has 1 aromatic carbocycles. The number of rotatable bonds is 4. The summed E-state index contributed by atoms with van der Waals surface area (Å²) in [6.45, 7) is 3.51. The summed E-state index contributed by atoms with van der Waals surface area (Å²) in [5.41, 5.74) is 1.33. The zero-order chi connectivity index (χ0) is 13.1. The Bertz CT molecular complexity index is 550. The fourth-order valence-electron chi connectivity index (χ4n) is 1.75. The van der Waals surface area contributed by atoms with Crippen LogP contribution in [0.3, 0.4) is 0 Å². The molecule has 1 aromatic heterocycles. The van der Waals surface area contributed by atoms with E-state index in [1.54, 1.807) is 19.9 Å². The fourth-order valence-corrected chi connectivity index (χ4v) is 1.75. The van der Waals surface area contributed by atoms with E-state index < -0.39 is 5.97 Å². The number of para-hydroxylation sites is 1. The molecular weight excluding hydrogens is 230 g/mol. The number of carbonyl (C=O) groups excluding carboxylic acids is 2. The molecule has 1 heterocycles. The Hall–Kier alpha value is -2.10. The van der Waals surface area contributed by atoms with Crippen LogP contribution in [0.25, 0.3) is 10.9 Å². The first-order valence-corrected chi connectivity index (χ1v) is 5.86. The Kier molecular flexibility index (Phi) is 3.46. The van der Waals surface area contributed by atoms with Crippen molar-refractivity contribution in [2.24, 2.45) is 0 Å². The number of aromatic nitrogens is 1. The van der Waals surface area contributed by atoms with Crippen molar-refractivity contribution in [1.29, 1.82) is 0 Å². The number of benzene rings is 1. The Morgan fingerprint density at radius 1 is 1.28 bits per heavy atom. The van der Waals surface area contributed by atoms with Gasteiger partial charge in [0.2, 0.25) is 0 Å². The molecule has 94 valence electrons. The molecule has 0 spiro atoms. The van der Waals surface area contributed by atoms with E-state index in [0.29, 0.717) is 5.69 Å². The van der Waals surface area contributed by atoms with Crippen molar-refractivity contribution in [3.63, 3.8) is 0 Å². The highest BCUT2D eigenvalue weighted by molar-refractivity contribution is 6.07. The van der Waals surface area contributed by atoms with Gasteiger partial charge in [-0.2, -0.15) is 0 Å². The van der Waals surface area contributed by atoms with E-state index in [0.717, 1.165) is 10.9 Å². The number of carbonyl (C=O) groups is 2. The highest BCUT2D eigenvalue weighted by Gasteiger charge is 2.15. The second-order valence-electron chi connectivity index (χ2n) is 4.41. The normalized spacial score (nSPS) is 10.8. The van der Waals surface area contributed by atoms with Crippen LogP contribution >= 0.6 is 0 Å². The maximum absolute atomic E-state index is 11.9. The van der Waals surface area contributed by atoms with Crippen LogP contribution in [-0.4, -0.2) is 22.8 Å². The van der Waals surface area contributed by atoms with Gasteiger partial charge in [-0.1, -0.05) is 18.2 Å². The molecule has 0 atom stereocenters. The summed E-state index contributed by atoms with van der Waals surface area (Å²) in [7, 11) is 0. The minimum Gasteiger partial charge on any atom is -0.463 e. The second-order valence-corrected chi connectivity index (χ2v) is 4.41. The largest absolute Gasteiger partial charge is 0.463 e. The quantitative estimate of drug-likeness (QED) is 0.512. The van der Waals surface area contributed by atoms with Crippen molar-refractivity contribution < 1.29 is 14.3 Å². The van der Waals surface area contributed by atoms with Crippen molar-refractivity contribution in [1.82, 2.24) is 4.98 Å². The standard InChI is InChI=1S/C14H15NO3/c1-9(2)18-14(17)8-13(16)12-7-10-5-3-4-6-11(10)15-12/h3-7,9,15H,8H2,1-2H3. The molecule has 18 heavy (non-hydrogen) atoms. The van der Waals surface area contributed by atoms with Crippen LogP contribution < -0.4 is 0 Å². The molecule has 2 rings (SSSR count). The third kappa shape index (κ3) is 2.77. The Labute approximate surface area is 105 Å². The molecule has 4 nitrogen and oxygen atoms in total. The van der Waals surface area contributed by atoms with Gasteiger partial charge in [0, 0.05) is 10.9 Å². The van der Waals surface area contributed by atoms with Crippen molar-refractivity contribution >= 4 is 22.7 Å². The molecular formula is C14H15NO3. The number of Topliss-reactive ketones (excluding diaryl/α,β-unsaturated/α-hetero) is 1. The lowest BCUT2D eigenvalue weighted by Crippen LogP contribution is -2.15. The molecule has 0 saturated heterocycles. The van der Waals surface area contributed by atoms with E-state index in [-0.39, 0.29) is 18.3 Å². The van der Waals surface area contributed by atoms with Crippen molar-refractivity contribution in [3.8, 4) is 0 Å². The summed E-state index contributed by atoms with van der Waals surface area (Å²) in [4.78, 5) is 26.3. The van der Waals surface area contributed by atoms with Gasteiger partial charge in [0.25, 0.3) is 0 Å². The lowest BCUT2D eigenvalue weighted by Gasteiger charge is -2.06. The summed E-state index contributed by atoms with van der Waals surface area (Å²) < 4.78 is 4.94. The zero-order valence-corrected chi connectivity index (χ0v) is 10.4. The van der Waals surface area contributed by atoms with Gasteiger partial charge in [-0.3, -0.25) is 9.59 Å². The lowest BCUT2D eigenvalue weighted by atomic mass is 10.2. The number of ketones is 1. The monoisotopic (exact) mass is 245 g/mol. The predicted molar refractivity (Wildman–Crippen MR) is 68.5 cm³/mol. The maximum Gasteiger partial charge on any atom is 0.314 e. The minimum absolute atomic E-state index is 0.201. The van der Waals surface area contributed by atoms with Crippen molar-refractivity contribution in [2.75, 3.05) is 0 Å². The summed E-state index contributed by atoms with van der Waals surface area (Å²) in [6, 6.07) is 9.34. The van der Waals surface area contributed by atoms with Gasteiger partial charge in [0.1, 0.15) is 6.42 Å². The number of nitrogens with one attached hydrogen (secondary N) is 1. The van der Waals surface area contributed by atoms with Gasteiger partial charge in [-0.05, 0) is 26.0 Å². The summed E-state index contributed by atoms with van der Waals surface area (Å²) in [5.74, 6) is -0.745. The summed E-state index contributed by atoms with van der Waals surface area (Å²) in [6.07, 6.45) is -0.432. The molecule has 4 heteroatoms. The van der Waals surface area contributed by atoms with E-state index in [4.69, 9.17) is 4.74 Å². The highest BCUT2D eigenvalue weighted by atomic mass is 16.5. The number of H-pyrrole nitrogens is 1. The zero-order valence-electron chi connectivity index (χ0n) is 10.4. The van der Waals surface area contributed by atoms with Crippen molar-refractivity contribution in [3.05, 3.63) is 36.0 Å².